The molecule has 0 saturated heterocycles. The highest BCUT2D eigenvalue weighted by Gasteiger charge is 2.10. The number of rotatable bonds is 2. The standard InChI is InChI=1S/C22H19N3/c1-14-10-15(2)12-18(11-14)21-16(3)8-9-20(24-21)22-23-13-17-6-4-5-7-19(17)25-22/h4-13H,1-3H3. The van der Waals surface area contributed by atoms with Gasteiger partial charge in [-0.1, -0.05) is 41.5 Å². The fourth-order valence-electron chi connectivity index (χ4n) is 3.15. The summed E-state index contributed by atoms with van der Waals surface area (Å²) in [4.78, 5) is 14.1. The maximum Gasteiger partial charge on any atom is 0.178 e. The average Bonchev–Trinajstić information content (AvgIpc) is 2.61. The topological polar surface area (TPSA) is 38.7 Å². The summed E-state index contributed by atoms with van der Waals surface area (Å²) in [7, 11) is 0. The number of hydrogen-bond donors (Lipinski definition) is 0. The monoisotopic (exact) mass is 325 g/mol. The zero-order chi connectivity index (χ0) is 17.4. The van der Waals surface area contributed by atoms with Crippen LogP contribution in [0.25, 0.3) is 33.7 Å². The number of aryl methyl sites for hydroxylation is 3. The van der Waals surface area contributed by atoms with Crippen LogP contribution in [0, 0.1) is 20.8 Å². The molecular weight excluding hydrogens is 306 g/mol. The van der Waals surface area contributed by atoms with Crippen molar-refractivity contribution < 1.29 is 0 Å². The van der Waals surface area contributed by atoms with Gasteiger partial charge >= 0.3 is 0 Å². The minimum atomic E-state index is 0.657. The van der Waals surface area contributed by atoms with Crippen LogP contribution in [0.1, 0.15) is 16.7 Å². The van der Waals surface area contributed by atoms with Crippen LogP contribution in [-0.2, 0) is 0 Å². The molecular formula is C22H19N3. The molecule has 3 heteroatoms. The van der Waals surface area contributed by atoms with Crippen molar-refractivity contribution in [3.8, 4) is 22.8 Å². The Balaban J connectivity index is 1.85. The third-order valence-corrected chi connectivity index (χ3v) is 4.31. The third-order valence-electron chi connectivity index (χ3n) is 4.31. The van der Waals surface area contributed by atoms with Gasteiger partial charge in [-0.3, -0.25) is 0 Å². The predicted molar refractivity (Wildman–Crippen MR) is 102 cm³/mol. The first-order valence-corrected chi connectivity index (χ1v) is 8.38. The van der Waals surface area contributed by atoms with E-state index in [0.29, 0.717) is 5.82 Å². The lowest BCUT2D eigenvalue weighted by atomic mass is 10.0. The number of pyridine rings is 1. The number of aromatic nitrogens is 3. The molecule has 4 aromatic rings. The van der Waals surface area contributed by atoms with Gasteiger partial charge in [0.15, 0.2) is 5.82 Å². The SMILES string of the molecule is Cc1cc(C)cc(-c2nc(-c3ncc4ccccc4n3)ccc2C)c1. The number of nitrogens with zero attached hydrogens (tertiary/aromatic N) is 3. The lowest BCUT2D eigenvalue weighted by Gasteiger charge is -2.10. The smallest absolute Gasteiger partial charge is 0.178 e. The number of para-hydroxylation sites is 1. The molecule has 2 heterocycles. The van der Waals surface area contributed by atoms with Crippen LogP contribution in [-0.4, -0.2) is 15.0 Å². The fourth-order valence-corrected chi connectivity index (χ4v) is 3.15. The molecule has 122 valence electrons. The summed E-state index contributed by atoms with van der Waals surface area (Å²) in [6.07, 6.45) is 1.86. The molecule has 0 saturated carbocycles. The molecule has 0 aliphatic heterocycles. The summed E-state index contributed by atoms with van der Waals surface area (Å²) in [6, 6.07) is 18.6. The molecule has 0 fully saturated rings. The van der Waals surface area contributed by atoms with Crippen molar-refractivity contribution in [1.82, 2.24) is 15.0 Å². The number of benzene rings is 2. The minimum absolute atomic E-state index is 0.657. The lowest BCUT2D eigenvalue weighted by Crippen LogP contribution is -1.96. The van der Waals surface area contributed by atoms with Crippen LogP contribution >= 0.6 is 0 Å². The highest BCUT2D eigenvalue weighted by molar-refractivity contribution is 5.79. The first-order valence-electron chi connectivity index (χ1n) is 8.38. The Morgan fingerprint density at radius 1 is 0.760 bits per heavy atom. The van der Waals surface area contributed by atoms with Crippen LogP contribution in [0.15, 0.2) is 60.8 Å². The van der Waals surface area contributed by atoms with E-state index in [1.165, 1.54) is 11.1 Å². The Morgan fingerprint density at radius 2 is 1.52 bits per heavy atom. The van der Waals surface area contributed by atoms with E-state index in [2.05, 4.69) is 55.0 Å². The molecule has 0 spiro atoms. The molecule has 3 nitrogen and oxygen atoms in total. The quantitative estimate of drug-likeness (QED) is 0.503. The van der Waals surface area contributed by atoms with Crippen LogP contribution in [0.3, 0.4) is 0 Å². The zero-order valence-electron chi connectivity index (χ0n) is 14.6. The van der Waals surface area contributed by atoms with Gasteiger partial charge in [0.05, 0.1) is 11.2 Å². The molecule has 2 aromatic heterocycles. The van der Waals surface area contributed by atoms with E-state index in [1.54, 1.807) is 0 Å². The van der Waals surface area contributed by atoms with Gasteiger partial charge in [-0.2, -0.15) is 0 Å². The maximum atomic E-state index is 4.88. The van der Waals surface area contributed by atoms with Gasteiger partial charge in [0.25, 0.3) is 0 Å². The third kappa shape index (κ3) is 3.01. The molecule has 0 bridgehead atoms. The molecule has 0 aliphatic rings. The van der Waals surface area contributed by atoms with Gasteiger partial charge in [0.2, 0.25) is 0 Å². The number of fused-ring (bicyclic) bond motifs is 1. The van der Waals surface area contributed by atoms with Gasteiger partial charge in [-0.15, -0.1) is 0 Å². The predicted octanol–water partition coefficient (Wildman–Crippen LogP) is 5.28. The minimum Gasteiger partial charge on any atom is -0.244 e. The van der Waals surface area contributed by atoms with Gasteiger partial charge < -0.3 is 0 Å². The first-order chi connectivity index (χ1) is 12.1. The Bertz CT molecular complexity index is 1060. The van der Waals surface area contributed by atoms with Crippen LogP contribution in [0.4, 0.5) is 0 Å². The molecule has 0 atom stereocenters. The maximum absolute atomic E-state index is 4.88. The van der Waals surface area contributed by atoms with Crippen molar-refractivity contribution >= 4 is 10.9 Å². The summed E-state index contributed by atoms with van der Waals surface area (Å²) in [5, 5.41) is 1.04. The van der Waals surface area contributed by atoms with Crippen LogP contribution in [0.2, 0.25) is 0 Å². The second-order valence-electron chi connectivity index (χ2n) is 6.49. The summed E-state index contributed by atoms with van der Waals surface area (Å²) in [5.41, 5.74) is 7.48. The van der Waals surface area contributed by atoms with E-state index < -0.39 is 0 Å². The highest BCUT2D eigenvalue weighted by atomic mass is 14.9. The zero-order valence-corrected chi connectivity index (χ0v) is 14.6. The molecule has 0 aliphatic carbocycles. The van der Waals surface area contributed by atoms with Crippen LogP contribution < -0.4 is 0 Å². The Labute approximate surface area is 147 Å². The molecule has 25 heavy (non-hydrogen) atoms. The fraction of sp³-hybridized carbons (Fsp3) is 0.136. The van der Waals surface area contributed by atoms with E-state index in [9.17, 15) is 0 Å². The van der Waals surface area contributed by atoms with E-state index in [4.69, 9.17) is 4.98 Å². The van der Waals surface area contributed by atoms with Crippen molar-refractivity contribution in [2.75, 3.05) is 0 Å². The second-order valence-corrected chi connectivity index (χ2v) is 6.49. The average molecular weight is 325 g/mol. The summed E-state index contributed by atoms with van der Waals surface area (Å²) in [5.74, 6) is 0.657. The molecule has 2 aromatic carbocycles. The van der Waals surface area contributed by atoms with Gasteiger partial charge in [-0.05, 0) is 50.6 Å². The van der Waals surface area contributed by atoms with E-state index in [-0.39, 0.29) is 0 Å². The normalized spacial score (nSPS) is 11.0. The van der Waals surface area contributed by atoms with Crippen molar-refractivity contribution in [2.24, 2.45) is 0 Å². The van der Waals surface area contributed by atoms with Crippen molar-refractivity contribution in [2.45, 2.75) is 20.8 Å². The molecule has 0 unspecified atom stereocenters. The Morgan fingerprint density at radius 3 is 2.32 bits per heavy atom. The van der Waals surface area contributed by atoms with E-state index in [1.807, 2.05) is 36.5 Å². The summed E-state index contributed by atoms with van der Waals surface area (Å²) < 4.78 is 0. The van der Waals surface area contributed by atoms with Crippen molar-refractivity contribution in [3.63, 3.8) is 0 Å². The second kappa shape index (κ2) is 6.10. The van der Waals surface area contributed by atoms with Crippen molar-refractivity contribution in [1.29, 1.82) is 0 Å². The van der Waals surface area contributed by atoms with E-state index >= 15 is 0 Å². The Hall–Kier alpha value is -3.07. The molecule has 0 N–H and O–H groups in total. The van der Waals surface area contributed by atoms with Gasteiger partial charge in [0, 0.05) is 17.1 Å². The first kappa shape index (κ1) is 15.5. The Kier molecular flexibility index (Phi) is 3.77. The molecule has 0 amide bonds. The summed E-state index contributed by atoms with van der Waals surface area (Å²) in [6.45, 7) is 6.31. The van der Waals surface area contributed by atoms with Gasteiger partial charge in [0.1, 0.15) is 5.69 Å². The number of hydrogen-bond acceptors (Lipinski definition) is 3. The van der Waals surface area contributed by atoms with Crippen LogP contribution in [0.5, 0.6) is 0 Å². The van der Waals surface area contributed by atoms with Crippen molar-refractivity contribution in [3.05, 3.63) is 77.5 Å². The molecule has 0 radical (unpaired) electrons. The lowest BCUT2D eigenvalue weighted by molar-refractivity contribution is 1.16. The largest absolute Gasteiger partial charge is 0.244 e. The van der Waals surface area contributed by atoms with Gasteiger partial charge in [-0.25, -0.2) is 15.0 Å². The van der Waals surface area contributed by atoms with E-state index in [0.717, 1.165) is 33.4 Å². The summed E-state index contributed by atoms with van der Waals surface area (Å²) >= 11 is 0. The molecule has 4 rings (SSSR count). The highest BCUT2D eigenvalue weighted by Crippen LogP contribution is 2.26.